The van der Waals surface area contributed by atoms with Crippen molar-refractivity contribution in [1.29, 1.82) is 0 Å². The molecule has 0 spiro atoms. The van der Waals surface area contributed by atoms with Crippen molar-refractivity contribution in [3.63, 3.8) is 0 Å². The number of rotatable bonds is 3. The van der Waals surface area contributed by atoms with Gasteiger partial charge in [-0.15, -0.1) is 8.28 Å². The number of carbonyl (C=O) groups is 1. The maximum atomic E-state index is 12.0. The van der Waals surface area contributed by atoms with Crippen molar-refractivity contribution in [1.82, 2.24) is 5.32 Å². The van der Waals surface area contributed by atoms with E-state index >= 15 is 0 Å². The highest BCUT2D eigenvalue weighted by Crippen LogP contribution is 1.95. The van der Waals surface area contributed by atoms with E-state index in [9.17, 15) is 29.4 Å². The van der Waals surface area contributed by atoms with Crippen LogP contribution in [-0.2, 0) is 30.2 Å². The minimum absolute atomic E-state index is 0.800. The van der Waals surface area contributed by atoms with Crippen molar-refractivity contribution < 1.29 is 34.1 Å². The van der Waals surface area contributed by atoms with Gasteiger partial charge in [0.2, 0.25) is 5.84 Å². The van der Waals surface area contributed by atoms with Gasteiger partial charge in [0.25, 0.3) is 0 Å². The maximum Gasteiger partial charge on any atom is 0.420 e. The third-order valence-corrected chi connectivity index (χ3v) is 1.88. The largest absolute Gasteiger partial charge is 0.463 e. The summed E-state index contributed by atoms with van der Waals surface area (Å²) in [4.78, 5) is 10.7. The van der Waals surface area contributed by atoms with Crippen LogP contribution in [-0.4, -0.2) is 41.6 Å². The third kappa shape index (κ3) is 7.05. The SMILES string of the molecule is COC(=O)/C(=N\S(=O)(=O)F)NCS(=O)(=O)F. The monoisotopic (exact) mass is 280 g/mol. The summed E-state index contributed by atoms with van der Waals surface area (Å²) >= 11 is 0. The molecule has 0 aromatic rings. The van der Waals surface area contributed by atoms with E-state index in [0.717, 1.165) is 7.11 Å². The summed E-state index contributed by atoms with van der Waals surface area (Å²) in [5.41, 5.74) is 0. The van der Waals surface area contributed by atoms with Crippen molar-refractivity contribution in [2.45, 2.75) is 0 Å². The zero-order chi connectivity index (χ0) is 13.0. The van der Waals surface area contributed by atoms with Crippen LogP contribution in [0.1, 0.15) is 0 Å². The Hall–Kier alpha value is -1.30. The van der Waals surface area contributed by atoms with E-state index in [2.05, 4.69) is 9.13 Å². The lowest BCUT2D eigenvalue weighted by Gasteiger charge is -2.03. The highest BCUT2D eigenvalue weighted by molar-refractivity contribution is 7.86. The van der Waals surface area contributed by atoms with Crippen molar-refractivity contribution >= 4 is 32.4 Å². The Kier molecular flexibility index (Phi) is 4.74. The molecule has 0 radical (unpaired) electrons. The first-order valence-corrected chi connectivity index (χ1v) is 6.23. The summed E-state index contributed by atoms with van der Waals surface area (Å²) in [7, 11) is -9.67. The highest BCUT2D eigenvalue weighted by Gasteiger charge is 2.19. The number of amidine groups is 1. The number of hydrogen-bond donors (Lipinski definition) is 1. The quantitative estimate of drug-likeness (QED) is 0.293. The van der Waals surface area contributed by atoms with E-state index < -0.39 is 38.3 Å². The van der Waals surface area contributed by atoms with Gasteiger partial charge in [-0.2, -0.15) is 16.8 Å². The fourth-order valence-electron chi connectivity index (χ4n) is 0.502. The van der Waals surface area contributed by atoms with E-state index in [4.69, 9.17) is 0 Å². The van der Waals surface area contributed by atoms with Crippen LogP contribution >= 0.6 is 0 Å². The van der Waals surface area contributed by atoms with Crippen molar-refractivity contribution in [2.24, 2.45) is 4.40 Å². The molecule has 0 aliphatic carbocycles. The molecule has 94 valence electrons. The Morgan fingerprint density at radius 1 is 1.31 bits per heavy atom. The molecule has 0 aromatic heterocycles. The molecule has 12 heteroatoms. The smallest absolute Gasteiger partial charge is 0.420 e. The highest BCUT2D eigenvalue weighted by atomic mass is 32.3. The van der Waals surface area contributed by atoms with Gasteiger partial charge in [-0.25, -0.2) is 4.79 Å². The fraction of sp³-hybridized carbons (Fsp3) is 0.500. The Bertz CT molecular complexity index is 495. The molecular formula is C4H6F2N2O6S2. The first kappa shape index (κ1) is 14.7. The van der Waals surface area contributed by atoms with E-state index in [-0.39, 0.29) is 0 Å². The Morgan fingerprint density at radius 3 is 2.12 bits per heavy atom. The molecule has 0 aliphatic rings. The molecule has 0 atom stereocenters. The zero-order valence-corrected chi connectivity index (χ0v) is 9.31. The molecule has 0 aliphatic heterocycles. The molecule has 0 rings (SSSR count). The number of nitrogens with one attached hydrogen (secondary N) is 1. The topological polar surface area (TPSA) is 119 Å². The molecule has 8 nitrogen and oxygen atoms in total. The summed E-state index contributed by atoms with van der Waals surface area (Å²) in [5.74, 6) is -4.20. The Morgan fingerprint density at radius 2 is 1.81 bits per heavy atom. The normalized spacial score (nSPS) is 13.3. The Balaban J connectivity index is 5.00. The molecule has 1 N–H and O–H groups in total. The van der Waals surface area contributed by atoms with Crippen LogP contribution in [0.15, 0.2) is 4.40 Å². The average Bonchev–Trinajstić information content (AvgIpc) is 2.07. The Labute approximate surface area is 89.9 Å². The molecule has 0 fully saturated rings. The van der Waals surface area contributed by atoms with Crippen LogP contribution in [0, 0.1) is 0 Å². The number of hydrogen-bond acceptors (Lipinski definition) is 6. The predicted octanol–water partition coefficient (Wildman–Crippen LogP) is -1.38. The first-order chi connectivity index (χ1) is 7.05. The van der Waals surface area contributed by atoms with Gasteiger partial charge >= 0.3 is 26.6 Å². The minimum atomic E-state index is -5.44. The van der Waals surface area contributed by atoms with Gasteiger partial charge < -0.3 is 10.1 Å². The van der Waals surface area contributed by atoms with Crippen LogP contribution in [0.2, 0.25) is 0 Å². The second-order valence-electron chi connectivity index (χ2n) is 2.20. The van der Waals surface area contributed by atoms with Gasteiger partial charge in [-0.3, -0.25) is 0 Å². The van der Waals surface area contributed by atoms with Gasteiger partial charge in [0.15, 0.2) is 0 Å². The minimum Gasteiger partial charge on any atom is -0.463 e. The van der Waals surface area contributed by atoms with Crippen LogP contribution in [0.5, 0.6) is 0 Å². The van der Waals surface area contributed by atoms with E-state index in [0.29, 0.717) is 0 Å². The van der Waals surface area contributed by atoms with Crippen LogP contribution in [0.4, 0.5) is 7.77 Å². The molecule has 0 bridgehead atoms. The molecule has 0 saturated heterocycles. The van der Waals surface area contributed by atoms with E-state index in [1.165, 1.54) is 5.32 Å². The average molecular weight is 280 g/mol. The number of methoxy groups -OCH3 is 1. The van der Waals surface area contributed by atoms with Crippen molar-refractivity contribution in [2.75, 3.05) is 13.0 Å². The van der Waals surface area contributed by atoms with Crippen molar-refractivity contribution in [3.05, 3.63) is 0 Å². The lowest BCUT2D eigenvalue weighted by molar-refractivity contribution is -0.132. The van der Waals surface area contributed by atoms with Gasteiger partial charge in [-0.05, 0) is 0 Å². The first-order valence-electron chi connectivity index (χ1n) is 3.34. The molecule has 16 heavy (non-hydrogen) atoms. The zero-order valence-electron chi connectivity index (χ0n) is 7.68. The second-order valence-corrected chi connectivity index (χ2v) is 4.58. The van der Waals surface area contributed by atoms with Gasteiger partial charge in [0, 0.05) is 0 Å². The lowest BCUT2D eigenvalue weighted by atomic mass is 10.6. The summed E-state index contributed by atoms with van der Waals surface area (Å²) in [6.07, 6.45) is 0. The molecule has 0 aromatic carbocycles. The summed E-state index contributed by atoms with van der Waals surface area (Å²) in [6, 6.07) is 0. The molecule has 0 amide bonds. The standard InChI is InChI=1S/C4H6F2N2O6S2/c1-14-4(9)3(8-16(6,12)13)7-2-15(5,10)11/h2H2,1H3,(H,7,8). The van der Waals surface area contributed by atoms with Gasteiger partial charge in [0.05, 0.1) is 7.11 Å². The molecular weight excluding hydrogens is 274 g/mol. The second kappa shape index (κ2) is 5.16. The third-order valence-electron chi connectivity index (χ3n) is 0.991. The number of nitrogens with zero attached hydrogens (tertiary/aromatic N) is 1. The molecule has 0 unspecified atom stereocenters. The lowest BCUT2D eigenvalue weighted by Crippen LogP contribution is -2.35. The van der Waals surface area contributed by atoms with Crippen LogP contribution < -0.4 is 5.32 Å². The van der Waals surface area contributed by atoms with Crippen LogP contribution in [0.3, 0.4) is 0 Å². The maximum absolute atomic E-state index is 12.0. The van der Waals surface area contributed by atoms with Crippen LogP contribution in [0.25, 0.3) is 0 Å². The fourth-order valence-corrected chi connectivity index (χ4v) is 1.17. The summed E-state index contributed by atoms with van der Waals surface area (Å²) in [6.45, 7) is 0. The molecule has 0 heterocycles. The summed E-state index contributed by atoms with van der Waals surface area (Å²) < 4.78 is 70.3. The van der Waals surface area contributed by atoms with Gasteiger partial charge in [0.1, 0.15) is 5.88 Å². The van der Waals surface area contributed by atoms with Gasteiger partial charge in [-0.1, -0.05) is 3.89 Å². The number of halogens is 2. The van der Waals surface area contributed by atoms with Crippen molar-refractivity contribution in [3.8, 4) is 0 Å². The van der Waals surface area contributed by atoms with E-state index in [1.807, 2.05) is 0 Å². The molecule has 0 saturated carbocycles. The number of esters is 1. The predicted molar refractivity (Wildman–Crippen MR) is 47.5 cm³/mol. The number of carbonyl (C=O) groups excluding carboxylic acids is 1. The number of ether oxygens (including phenoxy) is 1. The van der Waals surface area contributed by atoms with E-state index in [1.54, 1.807) is 0 Å². The summed E-state index contributed by atoms with van der Waals surface area (Å²) in [5, 5.41) is 1.46.